The number of ether oxygens (including phenoxy) is 1. The Balaban J connectivity index is 1.66. The number of benzene rings is 2. The van der Waals surface area contributed by atoms with E-state index in [-0.39, 0.29) is 54.1 Å². The van der Waals surface area contributed by atoms with Crippen LogP contribution in [0.2, 0.25) is 0 Å². The van der Waals surface area contributed by atoms with Crippen LogP contribution < -0.4 is 10.1 Å². The van der Waals surface area contributed by atoms with E-state index in [1.807, 2.05) is 6.92 Å². The van der Waals surface area contributed by atoms with Crippen LogP contribution in [-0.2, 0) is 10.0 Å². The van der Waals surface area contributed by atoms with E-state index in [4.69, 9.17) is 4.74 Å². The maximum atomic E-state index is 13.7. The van der Waals surface area contributed by atoms with Crippen molar-refractivity contribution >= 4 is 16.1 Å². The first-order valence-corrected chi connectivity index (χ1v) is 14.7. The second-order valence-electron chi connectivity index (χ2n) is 10.5. The van der Waals surface area contributed by atoms with Gasteiger partial charge in [-0.15, -0.1) is 0 Å². The van der Waals surface area contributed by atoms with Crippen molar-refractivity contribution in [2.45, 2.75) is 62.6 Å². The smallest absolute Gasteiger partial charge is 0.317 e. The summed E-state index contributed by atoms with van der Waals surface area (Å²) in [7, 11) is -2.29. The summed E-state index contributed by atoms with van der Waals surface area (Å²) in [6.45, 7) is 3.57. The van der Waals surface area contributed by atoms with Crippen molar-refractivity contribution in [2.75, 3.05) is 26.7 Å². The zero-order valence-electron chi connectivity index (χ0n) is 22.6. The molecule has 2 aromatic carbocycles. The Morgan fingerprint density at radius 1 is 1.18 bits per heavy atom. The van der Waals surface area contributed by atoms with E-state index in [2.05, 4.69) is 17.2 Å². The Hall–Kier alpha value is -3.13. The number of fused-ring (bicyclic) bond motifs is 1. The maximum absolute atomic E-state index is 13.7. The van der Waals surface area contributed by atoms with E-state index in [1.54, 1.807) is 43.1 Å². The fourth-order valence-corrected chi connectivity index (χ4v) is 6.73. The van der Waals surface area contributed by atoms with Crippen LogP contribution in [0.1, 0.15) is 50.7 Å². The van der Waals surface area contributed by atoms with Crippen molar-refractivity contribution in [2.24, 2.45) is 5.92 Å². The lowest BCUT2D eigenvalue weighted by atomic mass is 10.0. The first-order chi connectivity index (χ1) is 18.6. The largest absolute Gasteiger partial charge is 0.487 e. The summed E-state index contributed by atoms with van der Waals surface area (Å²) in [6, 6.07) is 9.74. The number of urea groups is 1. The number of likely N-dealkylation sites (N-methyl/N-ethyl adjacent to an activating group) is 1. The molecule has 1 saturated carbocycles. The highest BCUT2D eigenvalue weighted by Gasteiger charge is 2.38. The molecule has 8 nitrogen and oxygen atoms in total. The molecule has 4 rings (SSSR count). The predicted octanol–water partition coefficient (Wildman–Crippen LogP) is 3.58. The molecular formula is C29H36FN3O5S. The average Bonchev–Trinajstić information content (AvgIpc) is 3.42. The van der Waals surface area contributed by atoms with Gasteiger partial charge in [0.25, 0.3) is 0 Å². The van der Waals surface area contributed by atoms with Gasteiger partial charge in [-0.2, -0.15) is 4.31 Å². The molecule has 1 fully saturated rings. The molecular weight excluding hydrogens is 521 g/mol. The maximum Gasteiger partial charge on any atom is 0.317 e. The molecule has 10 heteroatoms. The minimum absolute atomic E-state index is 0.0231. The van der Waals surface area contributed by atoms with Crippen LogP contribution in [-0.4, -0.2) is 73.7 Å². The summed E-state index contributed by atoms with van der Waals surface area (Å²) < 4.78 is 48.2. The second-order valence-corrected chi connectivity index (χ2v) is 12.3. The van der Waals surface area contributed by atoms with E-state index in [1.165, 1.54) is 22.5 Å². The molecule has 2 N–H and O–H groups in total. The van der Waals surface area contributed by atoms with Crippen LogP contribution in [0.3, 0.4) is 0 Å². The van der Waals surface area contributed by atoms with Gasteiger partial charge in [0.15, 0.2) is 0 Å². The van der Waals surface area contributed by atoms with Crippen LogP contribution in [0.25, 0.3) is 0 Å². The van der Waals surface area contributed by atoms with Crippen LogP contribution in [0, 0.1) is 23.6 Å². The molecule has 2 aromatic rings. The lowest BCUT2D eigenvalue weighted by molar-refractivity contribution is 0.0808. The Kier molecular flexibility index (Phi) is 9.15. The Morgan fingerprint density at radius 3 is 2.49 bits per heavy atom. The number of sulfonamides is 1. The number of nitrogens with zero attached hydrogens (tertiary/aromatic N) is 2. The first-order valence-electron chi connectivity index (χ1n) is 13.3. The van der Waals surface area contributed by atoms with E-state index < -0.39 is 22.2 Å². The number of carbonyl (C=O) groups is 1. The fraction of sp³-hybridized carbons (Fsp3) is 0.483. The van der Waals surface area contributed by atoms with Crippen molar-refractivity contribution in [3.05, 3.63) is 59.4 Å². The quantitative estimate of drug-likeness (QED) is 0.548. The minimum atomic E-state index is -3.99. The Labute approximate surface area is 230 Å². The molecule has 2 amide bonds. The van der Waals surface area contributed by atoms with Gasteiger partial charge >= 0.3 is 6.03 Å². The number of hydrogen-bond donors (Lipinski definition) is 2. The first kappa shape index (κ1) is 28.9. The average molecular weight is 558 g/mol. The van der Waals surface area contributed by atoms with Gasteiger partial charge in [-0.05, 0) is 62.2 Å². The highest BCUT2D eigenvalue weighted by Crippen LogP contribution is 2.34. The second kappa shape index (κ2) is 12.4. The predicted molar refractivity (Wildman–Crippen MR) is 146 cm³/mol. The molecule has 0 bridgehead atoms. The summed E-state index contributed by atoms with van der Waals surface area (Å²) in [5, 5.41) is 12.9. The topological polar surface area (TPSA) is 99.2 Å². The number of carbonyl (C=O) groups excluding carboxylic acids is 1. The number of aliphatic hydroxyl groups excluding tert-OH is 1. The number of halogens is 1. The van der Waals surface area contributed by atoms with E-state index in [0.29, 0.717) is 11.1 Å². The molecule has 2 aliphatic rings. The monoisotopic (exact) mass is 557 g/mol. The van der Waals surface area contributed by atoms with Gasteiger partial charge in [0.1, 0.15) is 22.6 Å². The zero-order valence-corrected chi connectivity index (χ0v) is 23.4. The minimum Gasteiger partial charge on any atom is -0.487 e. The van der Waals surface area contributed by atoms with Gasteiger partial charge in [-0.3, -0.25) is 0 Å². The lowest BCUT2D eigenvalue weighted by Crippen LogP contribution is -2.51. The summed E-state index contributed by atoms with van der Waals surface area (Å²) in [4.78, 5) is 14.4. The van der Waals surface area contributed by atoms with Gasteiger partial charge in [0, 0.05) is 42.7 Å². The SMILES string of the molecule is C[C@H](CO)N1C[C@H](C)[C@@H](CN(C)C(=O)NC2CCCC2)Oc2cc(C#Cc3ccc(F)cc3)ccc2S1(=O)=O. The molecule has 39 heavy (non-hydrogen) atoms. The number of nitrogens with one attached hydrogen (secondary N) is 1. The summed E-state index contributed by atoms with van der Waals surface area (Å²) in [5.41, 5.74) is 1.13. The normalized spacial score (nSPS) is 21.9. The van der Waals surface area contributed by atoms with Gasteiger partial charge in [-0.25, -0.2) is 17.6 Å². The molecule has 0 unspecified atom stereocenters. The molecule has 0 spiro atoms. The summed E-state index contributed by atoms with van der Waals surface area (Å²) in [5.74, 6) is 5.43. The fourth-order valence-electron chi connectivity index (χ4n) is 4.91. The molecule has 3 atom stereocenters. The lowest BCUT2D eigenvalue weighted by Gasteiger charge is -2.37. The van der Waals surface area contributed by atoms with Crippen molar-refractivity contribution in [3.63, 3.8) is 0 Å². The summed E-state index contributed by atoms with van der Waals surface area (Å²) in [6.07, 6.45) is 3.63. The third-order valence-electron chi connectivity index (χ3n) is 7.35. The highest BCUT2D eigenvalue weighted by molar-refractivity contribution is 7.89. The van der Waals surface area contributed by atoms with Crippen LogP contribution in [0.15, 0.2) is 47.4 Å². The molecule has 1 aliphatic carbocycles. The van der Waals surface area contributed by atoms with E-state index >= 15 is 0 Å². The number of rotatable bonds is 5. The van der Waals surface area contributed by atoms with Crippen LogP contribution >= 0.6 is 0 Å². The highest BCUT2D eigenvalue weighted by atomic mass is 32.2. The standard InChI is InChI=1S/C29H36FN3O5S/c1-20-17-33(21(2)19-34)39(36,37)28-15-12-23(9-8-22-10-13-24(30)14-11-22)16-26(28)38-27(20)18-32(3)29(35)31-25-6-4-5-7-25/h10-16,20-21,25,27,34H,4-7,17-19H2,1-3H3,(H,31,35)/t20-,21+,27+/m0/s1. The number of hydrogen-bond acceptors (Lipinski definition) is 5. The molecule has 210 valence electrons. The summed E-state index contributed by atoms with van der Waals surface area (Å²) >= 11 is 0. The molecule has 1 aliphatic heterocycles. The van der Waals surface area contributed by atoms with Crippen LogP contribution in [0.5, 0.6) is 5.75 Å². The zero-order chi connectivity index (χ0) is 28.2. The Bertz CT molecular complexity index is 1330. The van der Waals surface area contributed by atoms with E-state index in [9.17, 15) is 22.7 Å². The molecule has 0 saturated heterocycles. The van der Waals surface area contributed by atoms with Crippen LogP contribution in [0.4, 0.5) is 9.18 Å². The van der Waals surface area contributed by atoms with Crippen molar-refractivity contribution in [1.29, 1.82) is 0 Å². The van der Waals surface area contributed by atoms with Crippen molar-refractivity contribution in [3.8, 4) is 17.6 Å². The number of amides is 2. The van der Waals surface area contributed by atoms with Gasteiger partial charge in [0.2, 0.25) is 10.0 Å². The molecule has 1 heterocycles. The van der Waals surface area contributed by atoms with Gasteiger partial charge in [-0.1, -0.05) is 31.6 Å². The third kappa shape index (κ3) is 6.90. The molecule has 0 radical (unpaired) electrons. The van der Waals surface area contributed by atoms with Crippen molar-refractivity contribution in [1.82, 2.24) is 14.5 Å². The number of aliphatic hydroxyl groups is 1. The third-order valence-corrected chi connectivity index (χ3v) is 9.37. The van der Waals surface area contributed by atoms with Gasteiger partial charge in [0.05, 0.1) is 13.2 Å². The van der Waals surface area contributed by atoms with E-state index in [0.717, 1.165) is 25.7 Å². The van der Waals surface area contributed by atoms with Gasteiger partial charge < -0.3 is 20.1 Å². The Morgan fingerprint density at radius 2 is 1.82 bits per heavy atom. The van der Waals surface area contributed by atoms with Crippen molar-refractivity contribution < 1.29 is 27.4 Å². The molecule has 0 aromatic heterocycles.